The molecule has 6 rings (SSSR count). The van der Waals surface area contributed by atoms with Crippen molar-refractivity contribution in [3.63, 3.8) is 0 Å². The Balaban J connectivity index is 1.49. The molecule has 3 amide bonds. The van der Waals surface area contributed by atoms with E-state index < -0.39 is 12.1 Å². The minimum absolute atomic E-state index is 0.0316. The zero-order valence-electron chi connectivity index (χ0n) is 23.7. The highest BCUT2D eigenvalue weighted by molar-refractivity contribution is 6.17. The molecule has 0 aliphatic carbocycles. The van der Waals surface area contributed by atoms with E-state index in [0.717, 1.165) is 27.4 Å². The number of amides is 3. The van der Waals surface area contributed by atoms with Gasteiger partial charge in [0.1, 0.15) is 6.04 Å². The molecule has 3 N–H and O–H groups in total. The lowest BCUT2D eigenvalue weighted by molar-refractivity contribution is -0.128. The Bertz CT molecular complexity index is 1830. The van der Waals surface area contributed by atoms with Gasteiger partial charge < -0.3 is 20.4 Å². The van der Waals surface area contributed by atoms with Gasteiger partial charge in [0.2, 0.25) is 5.91 Å². The molecular formula is C33H32N6O3. The molecule has 1 aromatic heterocycles. The summed E-state index contributed by atoms with van der Waals surface area (Å²) in [7, 11) is 1.69. The number of carbonyl (C=O) groups excluding carboxylic acids is 3. The normalized spacial score (nSPS) is 15.9. The van der Waals surface area contributed by atoms with Crippen LogP contribution in [-0.4, -0.2) is 53.6 Å². The zero-order valence-corrected chi connectivity index (χ0v) is 23.7. The number of aromatic amines is 1. The maximum Gasteiger partial charge on any atom is 0.259 e. The molecule has 0 bridgehead atoms. The van der Waals surface area contributed by atoms with Crippen LogP contribution in [0.2, 0.25) is 0 Å². The van der Waals surface area contributed by atoms with Gasteiger partial charge in [-0.05, 0) is 67.1 Å². The van der Waals surface area contributed by atoms with Crippen molar-refractivity contribution >= 4 is 50.8 Å². The lowest BCUT2D eigenvalue weighted by Gasteiger charge is -2.27. The fraction of sp³-hybridized carbons (Fsp3) is 0.212. The van der Waals surface area contributed by atoms with Crippen molar-refractivity contribution in [2.24, 2.45) is 0 Å². The molecule has 1 aliphatic rings. The van der Waals surface area contributed by atoms with E-state index in [4.69, 9.17) is 0 Å². The van der Waals surface area contributed by atoms with Gasteiger partial charge in [0, 0.05) is 5.39 Å². The Kier molecular flexibility index (Phi) is 7.18. The van der Waals surface area contributed by atoms with Gasteiger partial charge in [-0.3, -0.25) is 19.5 Å². The van der Waals surface area contributed by atoms with Crippen LogP contribution in [0.4, 0.5) is 11.4 Å². The van der Waals surface area contributed by atoms with Crippen molar-refractivity contribution < 1.29 is 14.4 Å². The van der Waals surface area contributed by atoms with Gasteiger partial charge in [0.25, 0.3) is 11.8 Å². The zero-order chi connectivity index (χ0) is 29.4. The fourth-order valence-electron chi connectivity index (χ4n) is 5.59. The van der Waals surface area contributed by atoms with Crippen LogP contribution in [0.1, 0.15) is 28.4 Å². The largest absolute Gasteiger partial charge is 0.341 e. The monoisotopic (exact) mass is 560 g/mol. The molecular weight excluding hydrogens is 528 g/mol. The van der Waals surface area contributed by atoms with E-state index in [1.54, 1.807) is 42.1 Å². The molecule has 0 fully saturated rings. The van der Waals surface area contributed by atoms with Crippen molar-refractivity contribution in [1.82, 2.24) is 20.8 Å². The van der Waals surface area contributed by atoms with E-state index >= 15 is 0 Å². The molecule has 42 heavy (non-hydrogen) atoms. The summed E-state index contributed by atoms with van der Waals surface area (Å²) < 4.78 is 0. The number of rotatable bonds is 6. The standard InChI is InChI=1S/C33H32N6O3/c1-20-15-16-22-9-4-5-10-23(22)26(20)18-38-29-13-6-7-14-30(29)39(19-28(33(38)42)36-31(40)21(2)34-3)32(41)24-11-8-12-27-25(24)17-35-37-27/h4-17,21,28,34H,18-19H2,1-3H3,(H,35,37)(H,36,40)/t21?,28-/m0/s1. The van der Waals surface area contributed by atoms with Gasteiger partial charge in [-0.25, -0.2) is 0 Å². The molecule has 9 heteroatoms. The van der Waals surface area contributed by atoms with E-state index in [9.17, 15) is 14.4 Å². The van der Waals surface area contributed by atoms with Gasteiger partial charge in [0.05, 0.1) is 47.8 Å². The maximum atomic E-state index is 14.4. The Morgan fingerprint density at radius 2 is 1.74 bits per heavy atom. The minimum atomic E-state index is -0.983. The van der Waals surface area contributed by atoms with Crippen LogP contribution in [0, 0.1) is 6.92 Å². The van der Waals surface area contributed by atoms with E-state index in [-0.39, 0.29) is 30.8 Å². The van der Waals surface area contributed by atoms with Crippen LogP contribution in [0.5, 0.6) is 0 Å². The first-order valence-corrected chi connectivity index (χ1v) is 14.0. The summed E-state index contributed by atoms with van der Waals surface area (Å²) in [4.78, 5) is 45.1. The van der Waals surface area contributed by atoms with Gasteiger partial charge in [0.15, 0.2) is 0 Å². The molecule has 0 spiro atoms. The molecule has 1 aliphatic heterocycles. The molecule has 0 saturated carbocycles. The van der Waals surface area contributed by atoms with Gasteiger partial charge >= 0.3 is 0 Å². The summed E-state index contributed by atoms with van der Waals surface area (Å²) >= 11 is 0. The summed E-state index contributed by atoms with van der Waals surface area (Å²) in [5, 5.41) is 15.7. The molecule has 1 unspecified atom stereocenters. The molecule has 4 aromatic carbocycles. The van der Waals surface area contributed by atoms with Crippen LogP contribution >= 0.6 is 0 Å². The Hall–Kier alpha value is -5.02. The summed E-state index contributed by atoms with van der Waals surface area (Å²) in [6, 6.07) is 23.5. The van der Waals surface area contributed by atoms with Crippen molar-refractivity contribution in [1.29, 1.82) is 0 Å². The van der Waals surface area contributed by atoms with Crippen molar-refractivity contribution in [2.75, 3.05) is 23.4 Å². The molecule has 5 aromatic rings. The van der Waals surface area contributed by atoms with Crippen LogP contribution < -0.4 is 20.4 Å². The lowest BCUT2D eigenvalue weighted by Crippen LogP contribution is -2.55. The second-order valence-electron chi connectivity index (χ2n) is 10.6. The van der Waals surface area contributed by atoms with Gasteiger partial charge in [-0.1, -0.05) is 54.6 Å². The number of nitrogens with zero attached hydrogens (tertiary/aromatic N) is 3. The molecule has 0 saturated heterocycles. The molecule has 2 atom stereocenters. The van der Waals surface area contributed by atoms with Crippen LogP contribution in [0.15, 0.2) is 85.1 Å². The number of H-pyrrole nitrogens is 1. The number of hydrogen-bond acceptors (Lipinski definition) is 5. The number of nitrogens with one attached hydrogen (secondary N) is 3. The topological polar surface area (TPSA) is 110 Å². The third-order valence-corrected chi connectivity index (χ3v) is 8.09. The van der Waals surface area contributed by atoms with Crippen molar-refractivity contribution in [3.8, 4) is 0 Å². The second-order valence-corrected chi connectivity index (χ2v) is 10.6. The van der Waals surface area contributed by atoms with E-state index in [1.807, 2.05) is 49.4 Å². The predicted octanol–water partition coefficient (Wildman–Crippen LogP) is 4.31. The average molecular weight is 561 g/mol. The first-order chi connectivity index (χ1) is 20.4. The number of benzene rings is 4. The number of aryl methyl sites for hydroxylation is 1. The number of likely N-dealkylation sites (N-methyl/N-ethyl adjacent to an activating group) is 1. The van der Waals surface area contributed by atoms with E-state index in [1.165, 1.54) is 0 Å². The number of fused-ring (bicyclic) bond motifs is 3. The smallest absolute Gasteiger partial charge is 0.259 e. The molecule has 0 radical (unpaired) electrons. The third kappa shape index (κ3) is 4.77. The summed E-state index contributed by atoms with van der Waals surface area (Å²) in [5.41, 5.74) is 4.44. The minimum Gasteiger partial charge on any atom is -0.341 e. The first-order valence-electron chi connectivity index (χ1n) is 14.0. The van der Waals surface area contributed by atoms with Crippen LogP contribution in [-0.2, 0) is 16.1 Å². The van der Waals surface area contributed by atoms with Crippen molar-refractivity contribution in [3.05, 3.63) is 102 Å². The molecule has 212 valence electrons. The van der Waals surface area contributed by atoms with Crippen LogP contribution in [0.25, 0.3) is 21.7 Å². The van der Waals surface area contributed by atoms with E-state index in [2.05, 4.69) is 45.1 Å². The Morgan fingerprint density at radius 1 is 0.976 bits per heavy atom. The fourth-order valence-corrected chi connectivity index (χ4v) is 5.59. The molecule has 9 nitrogen and oxygen atoms in total. The Labute approximate surface area is 243 Å². The summed E-state index contributed by atoms with van der Waals surface area (Å²) in [6.45, 7) is 4.00. The highest BCUT2D eigenvalue weighted by atomic mass is 16.2. The van der Waals surface area contributed by atoms with E-state index in [0.29, 0.717) is 22.3 Å². The number of aromatic nitrogens is 2. The number of carbonyl (C=O) groups is 3. The Morgan fingerprint density at radius 3 is 2.55 bits per heavy atom. The van der Waals surface area contributed by atoms with Gasteiger partial charge in [-0.2, -0.15) is 5.10 Å². The maximum absolute atomic E-state index is 14.4. The average Bonchev–Trinajstić information content (AvgIpc) is 3.47. The number of anilines is 2. The summed E-state index contributed by atoms with van der Waals surface area (Å²) in [5.74, 6) is -0.901. The second kappa shape index (κ2) is 11.1. The third-order valence-electron chi connectivity index (χ3n) is 8.09. The highest BCUT2D eigenvalue weighted by Gasteiger charge is 2.38. The van der Waals surface area contributed by atoms with Crippen LogP contribution in [0.3, 0.4) is 0 Å². The number of para-hydroxylation sites is 2. The highest BCUT2D eigenvalue weighted by Crippen LogP contribution is 2.36. The first kappa shape index (κ1) is 27.2. The number of hydrogen-bond donors (Lipinski definition) is 3. The summed E-state index contributed by atoms with van der Waals surface area (Å²) in [6.07, 6.45) is 1.63. The SMILES string of the molecule is CNC(C)C(=O)N[C@H]1CN(C(=O)c2cccc3[nH]ncc23)c2ccccc2N(Cc2c(C)ccc3ccccc23)C1=O. The quantitative estimate of drug-likeness (QED) is 0.287. The van der Waals surface area contributed by atoms with Crippen molar-refractivity contribution in [2.45, 2.75) is 32.5 Å². The molecule has 2 heterocycles. The lowest BCUT2D eigenvalue weighted by atomic mass is 9.99. The van der Waals surface area contributed by atoms with Gasteiger partial charge in [-0.15, -0.1) is 0 Å². The predicted molar refractivity (Wildman–Crippen MR) is 165 cm³/mol.